The van der Waals surface area contributed by atoms with Gasteiger partial charge in [-0.3, -0.25) is 4.79 Å². The van der Waals surface area contributed by atoms with Crippen LogP contribution in [0, 0.1) is 0 Å². The monoisotopic (exact) mass is 298 g/mol. The number of ether oxygens (including phenoxy) is 1. The molecule has 1 aliphatic heterocycles. The second-order valence-corrected chi connectivity index (χ2v) is 5.04. The number of rotatable bonds is 5. The van der Waals surface area contributed by atoms with Crippen LogP contribution in [0.4, 0.5) is 11.5 Å². The normalized spacial score (nSPS) is 13.0. The van der Waals surface area contributed by atoms with Gasteiger partial charge in [-0.2, -0.15) is 0 Å². The summed E-state index contributed by atoms with van der Waals surface area (Å²) in [5, 5.41) is 3.07. The molecule has 2 aromatic rings. The third-order valence-corrected chi connectivity index (χ3v) is 3.62. The molecule has 0 aliphatic carbocycles. The summed E-state index contributed by atoms with van der Waals surface area (Å²) >= 11 is 0. The van der Waals surface area contributed by atoms with E-state index in [0.717, 1.165) is 12.1 Å². The number of benzene rings is 1. The zero-order valence-electron chi connectivity index (χ0n) is 12.5. The molecular formula is C16H18N4O2. The average molecular weight is 298 g/mol. The van der Waals surface area contributed by atoms with Crippen molar-refractivity contribution in [2.45, 2.75) is 6.42 Å². The minimum atomic E-state index is -0.110. The van der Waals surface area contributed by atoms with E-state index in [1.54, 1.807) is 18.2 Å². The number of carbonyl (C=O) groups is 1. The zero-order chi connectivity index (χ0) is 15.4. The molecule has 0 spiro atoms. The lowest BCUT2D eigenvalue weighted by Gasteiger charge is -2.16. The molecule has 0 unspecified atom stereocenters. The van der Waals surface area contributed by atoms with E-state index in [9.17, 15) is 4.79 Å². The molecule has 3 rings (SSSR count). The maximum atomic E-state index is 12.6. The van der Waals surface area contributed by atoms with Crippen LogP contribution in [0.3, 0.4) is 0 Å². The Bertz CT molecular complexity index is 657. The number of nitrogens with zero attached hydrogens (tertiary/aromatic N) is 3. The number of fused-ring (bicyclic) bond motifs is 1. The highest BCUT2D eigenvalue weighted by atomic mass is 16.5. The van der Waals surface area contributed by atoms with Gasteiger partial charge in [-0.1, -0.05) is 18.2 Å². The third kappa shape index (κ3) is 2.92. The van der Waals surface area contributed by atoms with Crippen LogP contribution in [-0.2, 0) is 11.2 Å². The van der Waals surface area contributed by atoms with Crippen LogP contribution < -0.4 is 10.2 Å². The van der Waals surface area contributed by atoms with Gasteiger partial charge in [0, 0.05) is 25.9 Å². The molecule has 0 radical (unpaired) electrons. The predicted octanol–water partition coefficient (Wildman–Crippen LogP) is 1.74. The summed E-state index contributed by atoms with van der Waals surface area (Å²) in [7, 11) is 1.64. The minimum Gasteiger partial charge on any atom is -0.383 e. The Morgan fingerprint density at radius 2 is 2.18 bits per heavy atom. The number of methoxy groups -OCH3 is 1. The molecule has 114 valence electrons. The van der Waals surface area contributed by atoms with Crippen LogP contribution in [0.25, 0.3) is 0 Å². The molecule has 6 nitrogen and oxygen atoms in total. The summed E-state index contributed by atoms with van der Waals surface area (Å²) in [4.78, 5) is 22.8. The Balaban J connectivity index is 1.71. The maximum absolute atomic E-state index is 12.6. The molecule has 1 amide bonds. The second-order valence-electron chi connectivity index (χ2n) is 5.04. The van der Waals surface area contributed by atoms with Gasteiger partial charge in [-0.15, -0.1) is 0 Å². The van der Waals surface area contributed by atoms with Crippen molar-refractivity contribution >= 4 is 17.4 Å². The van der Waals surface area contributed by atoms with Gasteiger partial charge in [0.15, 0.2) is 0 Å². The third-order valence-electron chi connectivity index (χ3n) is 3.62. The Morgan fingerprint density at radius 1 is 1.32 bits per heavy atom. The van der Waals surface area contributed by atoms with Crippen LogP contribution in [0.15, 0.2) is 36.7 Å². The molecule has 2 heterocycles. The van der Waals surface area contributed by atoms with E-state index >= 15 is 0 Å². The van der Waals surface area contributed by atoms with Gasteiger partial charge in [0.2, 0.25) is 0 Å². The van der Waals surface area contributed by atoms with E-state index in [2.05, 4.69) is 21.4 Å². The molecular weight excluding hydrogens is 280 g/mol. The molecule has 1 aromatic carbocycles. The Hall–Kier alpha value is -2.47. The van der Waals surface area contributed by atoms with Crippen molar-refractivity contribution in [1.29, 1.82) is 0 Å². The van der Waals surface area contributed by atoms with E-state index in [-0.39, 0.29) is 5.91 Å². The molecule has 0 saturated carbocycles. The largest absolute Gasteiger partial charge is 0.383 e. The maximum Gasteiger partial charge on any atom is 0.278 e. The number of nitrogens with one attached hydrogen (secondary N) is 1. The van der Waals surface area contributed by atoms with Gasteiger partial charge in [0.1, 0.15) is 11.5 Å². The molecule has 0 fully saturated rings. The van der Waals surface area contributed by atoms with Crippen molar-refractivity contribution in [3.05, 3.63) is 47.9 Å². The quantitative estimate of drug-likeness (QED) is 0.852. The summed E-state index contributed by atoms with van der Waals surface area (Å²) in [6.07, 6.45) is 3.97. The molecule has 0 atom stereocenters. The topological polar surface area (TPSA) is 67.3 Å². The first-order valence-electron chi connectivity index (χ1n) is 7.24. The number of hydrogen-bond donors (Lipinski definition) is 1. The molecule has 0 saturated heterocycles. The summed E-state index contributed by atoms with van der Waals surface area (Å²) in [5.74, 6) is 0.524. The van der Waals surface area contributed by atoms with Crippen LogP contribution in [0.2, 0.25) is 0 Å². The van der Waals surface area contributed by atoms with Crippen LogP contribution in [-0.4, -0.2) is 42.7 Å². The SMILES string of the molecule is COCCNc1cnc(C(=O)N2CCc3ccccc32)cn1. The Kier molecular flexibility index (Phi) is 4.29. The Morgan fingerprint density at radius 3 is 2.95 bits per heavy atom. The number of aromatic nitrogens is 2. The fourth-order valence-corrected chi connectivity index (χ4v) is 2.50. The first kappa shape index (κ1) is 14.5. The van der Waals surface area contributed by atoms with Gasteiger partial charge >= 0.3 is 0 Å². The van der Waals surface area contributed by atoms with E-state index in [0.29, 0.717) is 31.2 Å². The van der Waals surface area contributed by atoms with Gasteiger partial charge in [-0.05, 0) is 18.1 Å². The average Bonchev–Trinajstić information content (AvgIpc) is 2.99. The van der Waals surface area contributed by atoms with Gasteiger partial charge in [0.25, 0.3) is 5.91 Å². The van der Waals surface area contributed by atoms with Crippen LogP contribution in [0.5, 0.6) is 0 Å². The second kappa shape index (κ2) is 6.53. The molecule has 22 heavy (non-hydrogen) atoms. The van der Waals surface area contributed by atoms with Crippen molar-refractivity contribution in [2.75, 3.05) is 37.0 Å². The van der Waals surface area contributed by atoms with Crippen LogP contribution in [0.1, 0.15) is 16.1 Å². The number of amides is 1. The van der Waals surface area contributed by atoms with E-state index in [1.807, 2.05) is 18.2 Å². The van der Waals surface area contributed by atoms with Gasteiger partial charge in [0.05, 0.1) is 19.0 Å². The van der Waals surface area contributed by atoms with Crippen LogP contribution >= 0.6 is 0 Å². The highest BCUT2D eigenvalue weighted by Gasteiger charge is 2.25. The molecule has 1 N–H and O–H groups in total. The summed E-state index contributed by atoms with van der Waals surface area (Å²) in [6.45, 7) is 1.93. The van der Waals surface area contributed by atoms with Crippen molar-refractivity contribution in [2.24, 2.45) is 0 Å². The van der Waals surface area contributed by atoms with E-state index < -0.39 is 0 Å². The van der Waals surface area contributed by atoms with Gasteiger partial charge < -0.3 is 15.0 Å². The first-order chi connectivity index (χ1) is 10.8. The van der Waals surface area contributed by atoms with Crippen molar-refractivity contribution in [3.63, 3.8) is 0 Å². The van der Waals surface area contributed by atoms with Crippen molar-refractivity contribution < 1.29 is 9.53 Å². The number of anilines is 2. The zero-order valence-corrected chi connectivity index (χ0v) is 12.5. The summed E-state index contributed by atoms with van der Waals surface area (Å²) < 4.78 is 4.95. The number of carbonyl (C=O) groups excluding carboxylic acids is 1. The smallest absolute Gasteiger partial charge is 0.278 e. The van der Waals surface area contributed by atoms with Crippen molar-refractivity contribution in [1.82, 2.24) is 9.97 Å². The van der Waals surface area contributed by atoms with Crippen molar-refractivity contribution in [3.8, 4) is 0 Å². The number of hydrogen-bond acceptors (Lipinski definition) is 5. The Labute approximate surface area is 129 Å². The highest BCUT2D eigenvalue weighted by Crippen LogP contribution is 2.28. The molecule has 0 bridgehead atoms. The lowest BCUT2D eigenvalue weighted by molar-refractivity contribution is 0.0984. The predicted molar refractivity (Wildman–Crippen MR) is 84.2 cm³/mol. The summed E-state index contributed by atoms with van der Waals surface area (Å²) in [6, 6.07) is 7.96. The fourth-order valence-electron chi connectivity index (χ4n) is 2.50. The molecule has 1 aliphatic rings. The lowest BCUT2D eigenvalue weighted by Crippen LogP contribution is -2.29. The number of para-hydroxylation sites is 1. The standard InChI is InChI=1S/C16H18N4O2/c1-22-9-7-17-15-11-18-13(10-19-15)16(21)20-8-6-12-4-2-3-5-14(12)20/h2-5,10-11H,6-9H2,1H3,(H,17,19). The molecule has 6 heteroatoms. The highest BCUT2D eigenvalue weighted by molar-refractivity contribution is 6.05. The van der Waals surface area contributed by atoms with E-state index in [1.165, 1.54) is 11.8 Å². The minimum absolute atomic E-state index is 0.110. The summed E-state index contributed by atoms with van der Waals surface area (Å²) in [5.41, 5.74) is 2.52. The van der Waals surface area contributed by atoms with E-state index in [4.69, 9.17) is 4.74 Å². The molecule has 1 aromatic heterocycles. The fraction of sp³-hybridized carbons (Fsp3) is 0.312. The van der Waals surface area contributed by atoms with Gasteiger partial charge in [-0.25, -0.2) is 9.97 Å². The first-order valence-corrected chi connectivity index (χ1v) is 7.24. The lowest BCUT2D eigenvalue weighted by atomic mass is 10.2.